The zero-order chi connectivity index (χ0) is 16.1. The van der Waals surface area contributed by atoms with Crippen LogP contribution in [-0.2, 0) is 0 Å². The van der Waals surface area contributed by atoms with E-state index in [9.17, 15) is 0 Å². The van der Waals surface area contributed by atoms with Crippen molar-refractivity contribution < 1.29 is 14.2 Å². The van der Waals surface area contributed by atoms with Gasteiger partial charge in [0.1, 0.15) is 0 Å². The fourth-order valence-corrected chi connectivity index (χ4v) is 2.14. The molecule has 2 aromatic rings. The standard InChI is InChI=1S/C17H20N2O3/c1-20-15-9-7-12(16(21-2)17(15)22-3)6-4-11-5-8-13(18)14(19)10-11/h4-10H,18-19H2,1-3H3/b6-4-. The first-order valence-electron chi connectivity index (χ1n) is 6.72. The maximum atomic E-state index is 5.81. The van der Waals surface area contributed by atoms with Crippen LogP contribution >= 0.6 is 0 Å². The lowest BCUT2D eigenvalue weighted by molar-refractivity contribution is 0.324. The quantitative estimate of drug-likeness (QED) is 0.655. The second kappa shape index (κ2) is 6.76. The van der Waals surface area contributed by atoms with Gasteiger partial charge in [-0.1, -0.05) is 18.2 Å². The Hall–Kier alpha value is -2.82. The molecular formula is C17H20N2O3. The molecule has 0 aliphatic rings. The molecule has 0 spiro atoms. The van der Waals surface area contributed by atoms with Gasteiger partial charge in [0, 0.05) is 5.56 Å². The second-order valence-electron chi connectivity index (χ2n) is 4.65. The van der Waals surface area contributed by atoms with Gasteiger partial charge in [-0.05, 0) is 29.8 Å². The molecule has 5 heteroatoms. The van der Waals surface area contributed by atoms with E-state index < -0.39 is 0 Å². The molecule has 0 atom stereocenters. The predicted octanol–water partition coefficient (Wildman–Crippen LogP) is 3.05. The summed E-state index contributed by atoms with van der Waals surface area (Å²) in [4.78, 5) is 0. The first-order valence-corrected chi connectivity index (χ1v) is 6.72. The summed E-state index contributed by atoms with van der Waals surface area (Å²) < 4.78 is 16.1. The second-order valence-corrected chi connectivity index (χ2v) is 4.65. The van der Waals surface area contributed by atoms with E-state index >= 15 is 0 Å². The normalized spacial score (nSPS) is 10.7. The van der Waals surface area contributed by atoms with Crippen LogP contribution in [0.5, 0.6) is 17.2 Å². The number of hydrogen-bond acceptors (Lipinski definition) is 5. The Morgan fingerprint density at radius 3 is 2.09 bits per heavy atom. The van der Waals surface area contributed by atoms with Crippen LogP contribution in [0.1, 0.15) is 11.1 Å². The molecule has 0 aliphatic carbocycles. The van der Waals surface area contributed by atoms with E-state index in [1.807, 2.05) is 36.4 Å². The van der Waals surface area contributed by atoms with E-state index in [0.29, 0.717) is 28.6 Å². The third-order valence-corrected chi connectivity index (χ3v) is 3.30. The summed E-state index contributed by atoms with van der Waals surface area (Å²) in [7, 11) is 4.76. The molecule has 0 heterocycles. The van der Waals surface area contributed by atoms with E-state index in [4.69, 9.17) is 25.7 Å². The summed E-state index contributed by atoms with van der Waals surface area (Å²) in [5.74, 6) is 1.79. The van der Waals surface area contributed by atoms with Crippen LogP contribution in [0.15, 0.2) is 30.3 Å². The summed E-state index contributed by atoms with van der Waals surface area (Å²) in [6, 6.07) is 9.23. The van der Waals surface area contributed by atoms with E-state index in [1.165, 1.54) is 0 Å². The third kappa shape index (κ3) is 3.09. The van der Waals surface area contributed by atoms with Crippen LogP contribution in [0.25, 0.3) is 12.2 Å². The Labute approximate surface area is 130 Å². The first kappa shape index (κ1) is 15.6. The fourth-order valence-electron chi connectivity index (χ4n) is 2.14. The van der Waals surface area contributed by atoms with Gasteiger partial charge in [-0.25, -0.2) is 0 Å². The molecule has 0 unspecified atom stereocenters. The number of benzene rings is 2. The van der Waals surface area contributed by atoms with Crippen molar-refractivity contribution in [2.75, 3.05) is 32.8 Å². The minimum atomic E-state index is 0.557. The van der Waals surface area contributed by atoms with E-state index in [1.54, 1.807) is 27.4 Å². The third-order valence-electron chi connectivity index (χ3n) is 3.30. The average molecular weight is 300 g/mol. The average Bonchev–Trinajstić information content (AvgIpc) is 2.54. The monoisotopic (exact) mass is 300 g/mol. The van der Waals surface area contributed by atoms with Crippen molar-refractivity contribution in [1.29, 1.82) is 0 Å². The lowest BCUT2D eigenvalue weighted by Gasteiger charge is -2.14. The number of nitrogen functional groups attached to an aromatic ring is 2. The van der Waals surface area contributed by atoms with Crippen LogP contribution in [0.2, 0.25) is 0 Å². The highest BCUT2D eigenvalue weighted by molar-refractivity contribution is 5.78. The molecule has 0 bridgehead atoms. The number of methoxy groups -OCH3 is 3. The zero-order valence-corrected chi connectivity index (χ0v) is 12.9. The summed E-state index contributed by atoms with van der Waals surface area (Å²) in [5.41, 5.74) is 14.5. The van der Waals surface area contributed by atoms with Gasteiger partial charge in [-0.2, -0.15) is 0 Å². The highest BCUT2D eigenvalue weighted by atomic mass is 16.5. The SMILES string of the molecule is COc1ccc(/C=C\c2ccc(N)c(N)c2)c(OC)c1OC. The van der Waals surface area contributed by atoms with Gasteiger partial charge in [0.05, 0.1) is 32.7 Å². The van der Waals surface area contributed by atoms with Crippen molar-refractivity contribution in [3.05, 3.63) is 41.5 Å². The molecule has 2 aromatic carbocycles. The Morgan fingerprint density at radius 1 is 0.773 bits per heavy atom. The summed E-state index contributed by atoms with van der Waals surface area (Å²) in [6.07, 6.45) is 3.85. The maximum Gasteiger partial charge on any atom is 0.203 e. The smallest absolute Gasteiger partial charge is 0.203 e. The number of nitrogens with two attached hydrogens (primary N) is 2. The van der Waals surface area contributed by atoms with Gasteiger partial charge in [0.15, 0.2) is 11.5 Å². The van der Waals surface area contributed by atoms with Crippen molar-refractivity contribution in [1.82, 2.24) is 0 Å². The van der Waals surface area contributed by atoms with E-state index in [-0.39, 0.29) is 0 Å². The molecule has 5 nitrogen and oxygen atoms in total. The van der Waals surface area contributed by atoms with Crippen LogP contribution in [0.3, 0.4) is 0 Å². The lowest BCUT2D eigenvalue weighted by Crippen LogP contribution is -1.96. The van der Waals surface area contributed by atoms with Gasteiger partial charge in [-0.3, -0.25) is 0 Å². The fraction of sp³-hybridized carbons (Fsp3) is 0.176. The Kier molecular flexibility index (Phi) is 4.78. The van der Waals surface area contributed by atoms with Crippen molar-refractivity contribution in [3.8, 4) is 17.2 Å². The highest BCUT2D eigenvalue weighted by Gasteiger charge is 2.13. The molecule has 0 aromatic heterocycles. The minimum Gasteiger partial charge on any atom is -0.493 e. The Balaban J connectivity index is 2.40. The molecule has 22 heavy (non-hydrogen) atoms. The van der Waals surface area contributed by atoms with E-state index in [2.05, 4.69) is 0 Å². The molecule has 0 saturated heterocycles. The molecule has 0 radical (unpaired) electrons. The van der Waals surface area contributed by atoms with Gasteiger partial charge in [0.2, 0.25) is 5.75 Å². The number of anilines is 2. The van der Waals surface area contributed by atoms with Crippen LogP contribution in [0, 0.1) is 0 Å². The lowest BCUT2D eigenvalue weighted by atomic mass is 10.1. The Bertz CT molecular complexity index is 697. The molecule has 0 saturated carbocycles. The largest absolute Gasteiger partial charge is 0.493 e. The highest BCUT2D eigenvalue weighted by Crippen LogP contribution is 2.40. The molecule has 116 valence electrons. The summed E-state index contributed by atoms with van der Waals surface area (Å²) in [6.45, 7) is 0. The predicted molar refractivity (Wildman–Crippen MR) is 90.3 cm³/mol. The van der Waals surface area contributed by atoms with Crippen molar-refractivity contribution in [3.63, 3.8) is 0 Å². The van der Waals surface area contributed by atoms with Gasteiger partial charge >= 0.3 is 0 Å². The number of rotatable bonds is 5. The van der Waals surface area contributed by atoms with Crippen LogP contribution in [0.4, 0.5) is 11.4 Å². The minimum absolute atomic E-state index is 0.557. The van der Waals surface area contributed by atoms with Crippen molar-refractivity contribution in [2.24, 2.45) is 0 Å². The van der Waals surface area contributed by atoms with Crippen LogP contribution < -0.4 is 25.7 Å². The first-order chi connectivity index (χ1) is 10.6. The summed E-state index contributed by atoms with van der Waals surface area (Å²) >= 11 is 0. The van der Waals surface area contributed by atoms with Crippen molar-refractivity contribution >= 4 is 23.5 Å². The van der Waals surface area contributed by atoms with Crippen LogP contribution in [-0.4, -0.2) is 21.3 Å². The summed E-state index contributed by atoms with van der Waals surface area (Å²) in [5, 5.41) is 0. The maximum absolute atomic E-state index is 5.81. The Morgan fingerprint density at radius 2 is 1.50 bits per heavy atom. The van der Waals surface area contributed by atoms with E-state index in [0.717, 1.165) is 11.1 Å². The molecule has 0 amide bonds. The van der Waals surface area contributed by atoms with Crippen molar-refractivity contribution in [2.45, 2.75) is 0 Å². The zero-order valence-electron chi connectivity index (χ0n) is 12.9. The number of hydrogen-bond donors (Lipinski definition) is 2. The molecule has 2 rings (SSSR count). The molecular weight excluding hydrogens is 280 g/mol. The molecule has 4 N–H and O–H groups in total. The topological polar surface area (TPSA) is 79.7 Å². The van der Waals surface area contributed by atoms with Gasteiger partial charge in [0.25, 0.3) is 0 Å². The van der Waals surface area contributed by atoms with Gasteiger partial charge in [-0.15, -0.1) is 0 Å². The molecule has 0 aliphatic heterocycles. The number of ether oxygens (including phenoxy) is 3. The molecule has 0 fully saturated rings. The van der Waals surface area contributed by atoms with Gasteiger partial charge < -0.3 is 25.7 Å².